The van der Waals surface area contributed by atoms with Crippen LogP contribution in [0, 0.1) is 23.1 Å². The largest absolute Gasteiger partial charge is 0.459 e. The molecule has 1 aliphatic heterocycles. The second kappa shape index (κ2) is 17.6. The molecule has 0 saturated carbocycles. The SMILES string of the molecule is C=CCNC(=O)C(=O)C(CCC)NC(=O)[C@@H]1C[C@@H](C)CN1C(=O)C(NC(=O)NC(C(=O)OCc1ccc(F)cc1)C(C)C)C(C)(C)C. The molecule has 0 bridgehead atoms. The van der Waals surface area contributed by atoms with Crippen LogP contribution in [0.3, 0.4) is 0 Å². The molecule has 1 fully saturated rings. The van der Waals surface area contributed by atoms with Crippen molar-refractivity contribution >= 4 is 35.5 Å². The Labute approximate surface area is 276 Å². The molecule has 1 aliphatic rings. The maximum Gasteiger partial charge on any atom is 0.329 e. The zero-order valence-corrected chi connectivity index (χ0v) is 28.5. The van der Waals surface area contributed by atoms with Gasteiger partial charge in [-0.1, -0.05) is 73.1 Å². The second-order valence-corrected chi connectivity index (χ2v) is 13.4. The number of nitrogens with one attached hydrogen (secondary N) is 4. The van der Waals surface area contributed by atoms with E-state index in [0.29, 0.717) is 18.4 Å². The monoisotopic (exact) mass is 659 g/mol. The van der Waals surface area contributed by atoms with Gasteiger partial charge in [-0.2, -0.15) is 0 Å². The lowest BCUT2D eigenvalue weighted by molar-refractivity contribution is -0.148. The Morgan fingerprint density at radius 1 is 1.06 bits per heavy atom. The molecule has 4 N–H and O–H groups in total. The third kappa shape index (κ3) is 11.5. The van der Waals surface area contributed by atoms with Gasteiger partial charge in [-0.15, -0.1) is 6.58 Å². The number of esters is 1. The van der Waals surface area contributed by atoms with Gasteiger partial charge in [0, 0.05) is 13.1 Å². The average Bonchev–Trinajstić information content (AvgIpc) is 3.40. The second-order valence-electron chi connectivity index (χ2n) is 13.4. The molecule has 5 atom stereocenters. The van der Waals surface area contributed by atoms with Gasteiger partial charge in [-0.05, 0) is 47.8 Å². The van der Waals surface area contributed by atoms with Crippen molar-refractivity contribution in [3.63, 3.8) is 0 Å². The molecule has 0 aromatic heterocycles. The van der Waals surface area contributed by atoms with Crippen LogP contribution < -0.4 is 21.3 Å². The molecule has 47 heavy (non-hydrogen) atoms. The van der Waals surface area contributed by atoms with Crippen LogP contribution in [0.1, 0.15) is 73.3 Å². The summed E-state index contributed by atoms with van der Waals surface area (Å²) in [4.78, 5) is 80.2. The Hall–Kier alpha value is -4.29. The molecule has 5 amide bonds. The van der Waals surface area contributed by atoms with Gasteiger partial charge in [0.05, 0.1) is 6.04 Å². The molecule has 1 saturated heterocycles. The fourth-order valence-electron chi connectivity index (χ4n) is 5.22. The summed E-state index contributed by atoms with van der Waals surface area (Å²) < 4.78 is 18.6. The van der Waals surface area contributed by atoms with E-state index in [2.05, 4.69) is 27.8 Å². The Balaban J connectivity index is 2.18. The molecular formula is C34H50FN5O7. The van der Waals surface area contributed by atoms with Crippen molar-refractivity contribution in [2.75, 3.05) is 13.1 Å². The molecule has 260 valence electrons. The highest BCUT2D eigenvalue weighted by atomic mass is 19.1. The number of hydrogen-bond donors (Lipinski definition) is 4. The number of amides is 5. The number of carbonyl (C=O) groups excluding carboxylic acids is 6. The number of halogens is 1. The first-order valence-electron chi connectivity index (χ1n) is 16.0. The van der Waals surface area contributed by atoms with Crippen LogP contribution in [0.25, 0.3) is 0 Å². The Morgan fingerprint density at radius 3 is 2.26 bits per heavy atom. The van der Waals surface area contributed by atoms with Crippen molar-refractivity contribution in [3.05, 3.63) is 48.3 Å². The predicted molar refractivity (Wildman–Crippen MR) is 174 cm³/mol. The maximum absolute atomic E-state index is 14.0. The van der Waals surface area contributed by atoms with Crippen molar-refractivity contribution in [3.8, 4) is 0 Å². The van der Waals surface area contributed by atoms with Crippen LogP contribution in [0.5, 0.6) is 0 Å². The lowest BCUT2D eigenvalue weighted by atomic mass is 9.85. The van der Waals surface area contributed by atoms with Gasteiger partial charge in [0.15, 0.2) is 0 Å². The summed E-state index contributed by atoms with van der Waals surface area (Å²) in [5, 5.41) is 10.4. The van der Waals surface area contributed by atoms with Gasteiger partial charge in [0.1, 0.15) is 30.5 Å². The minimum Gasteiger partial charge on any atom is -0.459 e. The van der Waals surface area contributed by atoms with E-state index < -0.39 is 70.9 Å². The van der Waals surface area contributed by atoms with E-state index in [1.54, 1.807) is 34.6 Å². The van der Waals surface area contributed by atoms with Crippen LogP contribution in [-0.2, 0) is 35.3 Å². The highest BCUT2D eigenvalue weighted by Crippen LogP contribution is 2.28. The number of ether oxygens (including phenoxy) is 1. The van der Waals surface area contributed by atoms with Crippen LogP contribution >= 0.6 is 0 Å². The number of carbonyl (C=O) groups is 6. The Kier molecular flexibility index (Phi) is 14.5. The molecule has 2 rings (SSSR count). The minimum absolute atomic E-state index is 0.0541. The Morgan fingerprint density at radius 2 is 1.70 bits per heavy atom. The molecule has 0 spiro atoms. The van der Waals surface area contributed by atoms with Crippen molar-refractivity contribution in [1.82, 2.24) is 26.2 Å². The molecule has 1 heterocycles. The summed E-state index contributed by atoms with van der Waals surface area (Å²) in [6.07, 6.45) is 2.52. The summed E-state index contributed by atoms with van der Waals surface area (Å²) in [7, 11) is 0. The summed E-state index contributed by atoms with van der Waals surface area (Å²) >= 11 is 0. The van der Waals surface area contributed by atoms with E-state index in [-0.39, 0.29) is 38.0 Å². The third-order valence-corrected chi connectivity index (χ3v) is 7.83. The van der Waals surface area contributed by atoms with Gasteiger partial charge in [-0.25, -0.2) is 14.0 Å². The summed E-state index contributed by atoms with van der Waals surface area (Å²) in [5.41, 5.74) is -0.230. The quantitative estimate of drug-likeness (QED) is 0.128. The van der Waals surface area contributed by atoms with Gasteiger partial charge in [0.25, 0.3) is 5.91 Å². The van der Waals surface area contributed by atoms with E-state index in [4.69, 9.17) is 4.74 Å². The number of Topliss-reactive ketones (excluding diaryl/α,β-unsaturated/α-hetero) is 1. The maximum atomic E-state index is 14.0. The van der Waals surface area contributed by atoms with Crippen LogP contribution in [-0.4, -0.2) is 77.7 Å². The highest BCUT2D eigenvalue weighted by Gasteiger charge is 2.45. The number of benzene rings is 1. The van der Waals surface area contributed by atoms with Crippen molar-refractivity contribution < 1.29 is 37.9 Å². The first-order valence-corrected chi connectivity index (χ1v) is 16.0. The van der Waals surface area contributed by atoms with Crippen molar-refractivity contribution in [2.24, 2.45) is 17.3 Å². The number of rotatable bonds is 15. The fraction of sp³-hybridized carbons (Fsp3) is 0.588. The molecule has 12 nitrogen and oxygen atoms in total. The molecular weight excluding hydrogens is 609 g/mol. The first kappa shape index (κ1) is 38.9. The molecule has 1 aromatic carbocycles. The lowest BCUT2D eigenvalue weighted by Gasteiger charge is -2.36. The fourth-order valence-corrected chi connectivity index (χ4v) is 5.22. The molecule has 0 radical (unpaired) electrons. The normalized spacial score (nSPS) is 18.0. The van der Waals surface area contributed by atoms with Gasteiger partial charge < -0.3 is 30.9 Å². The predicted octanol–water partition coefficient (Wildman–Crippen LogP) is 3.00. The number of urea groups is 1. The van der Waals surface area contributed by atoms with Gasteiger partial charge in [-0.3, -0.25) is 19.2 Å². The van der Waals surface area contributed by atoms with E-state index in [0.717, 1.165) is 0 Å². The summed E-state index contributed by atoms with van der Waals surface area (Å²) in [6.45, 7) is 16.2. The minimum atomic E-state index is -1.09. The average molecular weight is 660 g/mol. The Bertz CT molecular complexity index is 1290. The van der Waals surface area contributed by atoms with Crippen molar-refractivity contribution in [2.45, 2.75) is 98.5 Å². The van der Waals surface area contributed by atoms with E-state index in [1.165, 1.54) is 35.2 Å². The van der Waals surface area contributed by atoms with Gasteiger partial charge in [0.2, 0.25) is 17.6 Å². The zero-order valence-electron chi connectivity index (χ0n) is 28.5. The zero-order chi connectivity index (χ0) is 35.5. The smallest absolute Gasteiger partial charge is 0.329 e. The highest BCUT2D eigenvalue weighted by molar-refractivity contribution is 6.38. The number of likely N-dealkylation sites (tertiary alicyclic amines) is 1. The van der Waals surface area contributed by atoms with E-state index >= 15 is 0 Å². The summed E-state index contributed by atoms with van der Waals surface area (Å²) in [5.74, 6) is -4.22. The van der Waals surface area contributed by atoms with E-state index in [1.807, 2.05) is 13.8 Å². The topological polar surface area (TPSA) is 163 Å². The van der Waals surface area contributed by atoms with Crippen LogP contribution in [0.15, 0.2) is 36.9 Å². The molecule has 1 aromatic rings. The number of hydrogen-bond acceptors (Lipinski definition) is 7. The van der Waals surface area contributed by atoms with Crippen LogP contribution in [0.4, 0.5) is 9.18 Å². The summed E-state index contributed by atoms with van der Waals surface area (Å²) in [6, 6.07) is 0.566. The van der Waals surface area contributed by atoms with Gasteiger partial charge >= 0.3 is 12.0 Å². The molecule has 3 unspecified atom stereocenters. The van der Waals surface area contributed by atoms with Crippen LogP contribution in [0.2, 0.25) is 0 Å². The van der Waals surface area contributed by atoms with E-state index in [9.17, 15) is 33.2 Å². The lowest BCUT2D eigenvalue weighted by Crippen LogP contribution is -2.61. The number of nitrogens with zero attached hydrogens (tertiary/aromatic N) is 1. The molecule has 0 aliphatic carbocycles. The number of ketones is 1. The first-order chi connectivity index (χ1) is 22.0. The molecule has 13 heteroatoms. The van der Waals surface area contributed by atoms with Crippen molar-refractivity contribution in [1.29, 1.82) is 0 Å². The standard InChI is InChI=1S/C34H50FN5O7/c1-9-11-24(27(41)30(43)36-16-10-2)37-29(42)25-17-21(5)18-40(25)31(44)28(34(6,7)8)39-33(46)38-26(20(3)4)32(45)47-19-22-12-14-23(35)15-13-22/h10,12-15,20-21,24-26,28H,2,9,11,16-19H2,1,3-8H3,(H,36,43)(H,37,42)(H2,38,39,46)/t21-,24?,25+,26?,28?/m1/s1. The third-order valence-electron chi connectivity index (χ3n) is 7.83.